The Labute approximate surface area is 160 Å². The summed E-state index contributed by atoms with van der Waals surface area (Å²) >= 11 is 0. The van der Waals surface area contributed by atoms with Crippen molar-refractivity contribution >= 4 is 6.09 Å². The molecule has 1 amide bonds. The summed E-state index contributed by atoms with van der Waals surface area (Å²) in [5, 5.41) is 13.9. The minimum atomic E-state index is -4.64. The van der Waals surface area contributed by atoms with Gasteiger partial charge >= 0.3 is 12.3 Å². The summed E-state index contributed by atoms with van der Waals surface area (Å²) in [6.45, 7) is 5.62. The molecule has 0 aliphatic heterocycles. The first-order chi connectivity index (χ1) is 12.9. The molecule has 0 unspecified atom stereocenters. The maximum Gasteiger partial charge on any atom is 0.420 e. The van der Waals surface area contributed by atoms with Crippen molar-refractivity contribution in [3.8, 4) is 11.5 Å². The molecule has 2 rings (SSSR count). The van der Waals surface area contributed by atoms with Gasteiger partial charge in [0.25, 0.3) is 0 Å². The van der Waals surface area contributed by atoms with Crippen LogP contribution in [-0.4, -0.2) is 18.2 Å². The highest BCUT2D eigenvalue weighted by atomic mass is 19.4. The van der Waals surface area contributed by atoms with Crippen molar-refractivity contribution in [2.24, 2.45) is 0 Å². The molecule has 0 aliphatic rings. The van der Waals surface area contributed by atoms with Gasteiger partial charge in [0.2, 0.25) is 11.9 Å². The molecule has 9 heteroatoms. The third-order valence-corrected chi connectivity index (χ3v) is 3.44. The van der Waals surface area contributed by atoms with Crippen LogP contribution in [0, 0.1) is 5.21 Å². The topological polar surface area (TPSA) is 74.5 Å². The van der Waals surface area contributed by atoms with Gasteiger partial charge in [-0.25, -0.2) is 4.79 Å². The molecule has 1 N–H and O–H groups in total. The molecule has 0 bridgehead atoms. The molecular weight excluding hydrogens is 377 g/mol. The third-order valence-electron chi connectivity index (χ3n) is 3.44. The minimum absolute atomic E-state index is 0.153. The highest BCUT2D eigenvalue weighted by Gasteiger charge is 2.36. The van der Waals surface area contributed by atoms with Crippen molar-refractivity contribution in [2.45, 2.75) is 39.0 Å². The lowest BCUT2D eigenvalue weighted by Crippen LogP contribution is -2.33. The van der Waals surface area contributed by atoms with Gasteiger partial charge in [0.05, 0.1) is 0 Å². The standard InChI is InChI=1S/C19H21F3N2O4/c1-18(2,3)28-17(25)23-10-8-13-4-6-14(7-5-13)27-16-12-24(26)11-9-15(16)19(20,21)22/h4-7,9,11-12H,8,10H2,1-3H3,(H,23,25). The van der Waals surface area contributed by atoms with Crippen LogP contribution in [0.15, 0.2) is 42.7 Å². The van der Waals surface area contributed by atoms with Crippen molar-refractivity contribution in [1.29, 1.82) is 0 Å². The maximum absolute atomic E-state index is 13.0. The van der Waals surface area contributed by atoms with Crippen LogP contribution in [-0.2, 0) is 17.3 Å². The van der Waals surface area contributed by atoms with E-state index in [4.69, 9.17) is 9.47 Å². The monoisotopic (exact) mass is 398 g/mol. The Hall–Kier alpha value is -2.97. The van der Waals surface area contributed by atoms with Crippen LogP contribution in [0.1, 0.15) is 31.9 Å². The summed E-state index contributed by atoms with van der Waals surface area (Å²) in [7, 11) is 0. The number of pyridine rings is 1. The van der Waals surface area contributed by atoms with Crippen LogP contribution >= 0.6 is 0 Å². The average molecular weight is 398 g/mol. The number of aromatic nitrogens is 1. The second-order valence-corrected chi connectivity index (χ2v) is 7.01. The number of benzene rings is 1. The number of alkyl halides is 3. The van der Waals surface area contributed by atoms with E-state index >= 15 is 0 Å². The van der Waals surface area contributed by atoms with E-state index < -0.39 is 29.2 Å². The van der Waals surface area contributed by atoms with E-state index in [1.165, 1.54) is 12.1 Å². The number of nitrogens with zero attached hydrogens (tertiary/aromatic N) is 1. The van der Waals surface area contributed by atoms with Gasteiger partial charge in [0.15, 0.2) is 6.20 Å². The van der Waals surface area contributed by atoms with Gasteiger partial charge in [0, 0.05) is 12.6 Å². The summed E-state index contributed by atoms with van der Waals surface area (Å²) < 4.78 is 49.7. The van der Waals surface area contributed by atoms with Crippen molar-refractivity contribution in [2.75, 3.05) is 6.54 Å². The van der Waals surface area contributed by atoms with E-state index in [0.717, 1.165) is 18.0 Å². The molecule has 2 aromatic rings. The number of amides is 1. The van der Waals surface area contributed by atoms with Crippen LogP contribution in [0.5, 0.6) is 11.5 Å². The van der Waals surface area contributed by atoms with Crippen LogP contribution in [0.4, 0.5) is 18.0 Å². The Morgan fingerprint density at radius 3 is 2.36 bits per heavy atom. The number of halogens is 3. The van der Waals surface area contributed by atoms with Crippen molar-refractivity contribution < 1.29 is 32.2 Å². The number of rotatable bonds is 5. The summed E-state index contributed by atoms with van der Waals surface area (Å²) in [5.74, 6) is -0.426. The molecule has 1 heterocycles. The smallest absolute Gasteiger partial charge is 0.420 e. The fourth-order valence-corrected chi connectivity index (χ4v) is 2.25. The highest BCUT2D eigenvalue weighted by molar-refractivity contribution is 5.67. The quantitative estimate of drug-likeness (QED) is 0.605. The summed E-state index contributed by atoms with van der Waals surface area (Å²) in [6, 6.07) is 6.97. The lowest BCUT2D eigenvalue weighted by atomic mass is 10.1. The van der Waals surface area contributed by atoms with Gasteiger partial charge < -0.3 is 20.0 Å². The number of hydrogen-bond donors (Lipinski definition) is 1. The molecule has 1 aromatic carbocycles. The molecule has 0 aliphatic carbocycles. The number of carbonyl (C=O) groups is 1. The molecule has 1 aromatic heterocycles. The molecule has 0 fully saturated rings. The SMILES string of the molecule is CC(C)(C)OC(=O)NCCc1ccc(Oc2c[n+]([O-])ccc2C(F)(F)F)cc1. The van der Waals surface area contributed by atoms with Crippen molar-refractivity contribution in [3.05, 3.63) is 59.1 Å². The van der Waals surface area contributed by atoms with E-state index in [1.807, 2.05) is 0 Å². The van der Waals surface area contributed by atoms with Gasteiger partial charge in [0.1, 0.15) is 16.9 Å². The van der Waals surface area contributed by atoms with Crippen molar-refractivity contribution in [3.63, 3.8) is 0 Å². The predicted octanol–water partition coefficient (Wildman–Crippen LogP) is 4.20. The lowest BCUT2D eigenvalue weighted by molar-refractivity contribution is -0.606. The van der Waals surface area contributed by atoms with Gasteiger partial charge in [-0.2, -0.15) is 17.9 Å². The normalized spacial score (nSPS) is 11.8. The van der Waals surface area contributed by atoms with Crippen molar-refractivity contribution in [1.82, 2.24) is 5.32 Å². The fourth-order valence-electron chi connectivity index (χ4n) is 2.25. The van der Waals surface area contributed by atoms with Gasteiger partial charge in [-0.1, -0.05) is 12.1 Å². The fraction of sp³-hybridized carbons (Fsp3) is 0.368. The Morgan fingerprint density at radius 1 is 1.14 bits per heavy atom. The van der Waals surface area contributed by atoms with Crippen LogP contribution in [0.2, 0.25) is 0 Å². The zero-order valence-corrected chi connectivity index (χ0v) is 15.7. The van der Waals surface area contributed by atoms with Gasteiger partial charge in [-0.05, 0) is 44.9 Å². The number of carbonyl (C=O) groups excluding carboxylic acids is 1. The molecule has 6 nitrogen and oxygen atoms in total. The molecule has 28 heavy (non-hydrogen) atoms. The van der Waals surface area contributed by atoms with E-state index in [0.29, 0.717) is 19.0 Å². The second-order valence-electron chi connectivity index (χ2n) is 7.01. The number of ether oxygens (including phenoxy) is 2. The largest absolute Gasteiger partial charge is 0.619 e. The molecule has 0 saturated heterocycles. The average Bonchev–Trinajstić information content (AvgIpc) is 2.53. The maximum atomic E-state index is 13.0. The van der Waals surface area contributed by atoms with E-state index in [-0.39, 0.29) is 10.5 Å². The Balaban J connectivity index is 1.97. The molecule has 152 valence electrons. The summed E-state index contributed by atoms with van der Waals surface area (Å²) in [6.07, 6.45) is -3.18. The number of hydrogen-bond acceptors (Lipinski definition) is 4. The van der Waals surface area contributed by atoms with Gasteiger partial charge in [-0.3, -0.25) is 0 Å². The van der Waals surface area contributed by atoms with E-state index in [9.17, 15) is 23.2 Å². The molecule has 0 saturated carbocycles. The van der Waals surface area contributed by atoms with Crippen LogP contribution in [0.3, 0.4) is 0 Å². The first kappa shape index (κ1) is 21.3. The Kier molecular flexibility index (Phi) is 6.37. The van der Waals surface area contributed by atoms with Crippen LogP contribution in [0.25, 0.3) is 0 Å². The zero-order chi connectivity index (χ0) is 20.9. The van der Waals surface area contributed by atoms with E-state index in [1.54, 1.807) is 32.9 Å². The predicted molar refractivity (Wildman–Crippen MR) is 94.9 cm³/mol. The highest BCUT2D eigenvalue weighted by Crippen LogP contribution is 2.37. The van der Waals surface area contributed by atoms with Crippen LogP contribution < -0.4 is 14.8 Å². The molecular formula is C19H21F3N2O4. The molecule has 0 spiro atoms. The van der Waals surface area contributed by atoms with E-state index in [2.05, 4.69) is 5.32 Å². The summed E-state index contributed by atoms with van der Waals surface area (Å²) in [4.78, 5) is 11.6. The first-order valence-electron chi connectivity index (χ1n) is 8.48. The first-order valence-corrected chi connectivity index (χ1v) is 8.48. The number of nitrogens with one attached hydrogen (secondary N) is 1. The lowest BCUT2D eigenvalue weighted by Gasteiger charge is -2.19. The molecule has 0 radical (unpaired) electrons. The Bertz CT molecular complexity index is 815. The third kappa shape index (κ3) is 6.64. The molecule has 0 atom stereocenters. The second kappa shape index (κ2) is 8.37. The zero-order valence-electron chi connectivity index (χ0n) is 15.7. The summed E-state index contributed by atoms with van der Waals surface area (Å²) in [5.41, 5.74) is -0.783. The number of alkyl carbamates (subject to hydrolysis) is 1. The van der Waals surface area contributed by atoms with Gasteiger partial charge in [-0.15, -0.1) is 0 Å². The minimum Gasteiger partial charge on any atom is -0.619 e. The Morgan fingerprint density at radius 2 is 1.79 bits per heavy atom.